The number of halogens is 1. The van der Waals surface area contributed by atoms with E-state index in [-0.39, 0.29) is 0 Å². The molecule has 0 aliphatic heterocycles. The third kappa shape index (κ3) is 3.53. The monoisotopic (exact) mass is 198 g/mol. The summed E-state index contributed by atoms with van der Waals surface area (Å²) in [5.74, 6) is 0. The second-order valence-corrected chi connectivity index (χ2v) is 2.59. The number of nitrogens with zero attached hydrogens (tertiary/aromatic N) is 2. The molecule has 13 heavy (non-hydrogen) atoms. The van der Waals surface area contributed by atoms with E-state index in [0.29, 0.717) is 10.7 Å². The van der Waals surface area contributed by atoms with Crippen molar-refractivity contribution in [3.63, 3.8) is 0 Å². The summed E-state index contributed by atoms with van der Waals surface area (Å²) in [4.78, 5) is 10.2. The number of carbonyl (C=O) groups excluding carboxylic acids is 1. The van der Waals surface area contributed by atoms with Crippen LogP contribution in [-0.4, -0.2) is 6.03 Å². The highest BCUT2D eigenvalue weighted by molar-refractivity contribution is 6.30. The largest absolute Gasteiger partial charge is 0.350 e. The van der Waals surface area contributed by atoms with Gasteiger partial charge >= 0.3 is 6.03 Å². The summed E-state index contributed by atoms with van der Waals surface area (Å²) in [5, 5.41) is 7.58. The van der Waals surface area contributed by atoms with Crippen LogP contribution in [0.3, 0.4) is 0 Å². The fraction of sp³-hybridized carbons (Fsp3) is 0. The van der Waals surface area contributed by atoms with E-state index in [1.165, 1.54) is 0 Å². The first kappa shape index (κ1) is 9.47. The molecule has 0 atom stereocenters. The van der Waals surface area contributed by atoms with E-state index in [1.807, 2.05) is 5.43 Å². The van der Waals surface area contributed by atoms with Crippen molar-refractivity contribution in [2.24, 2.45) is 16.1 Å². The van der Waals surface area contributed by atoms with Crippen molar-refractivity contribution in [1.82, 2.24) is 5.43 Å². The molecular weight excluding hydrogens is 192 g/mol. The van der Waals surface area contributed by atoms with Crippen LogP contribution >= 0.6 is 11.6 Å². The average molecular weight is 199 g/mol. The topological polar surface area (TPSA) is 79.8 Å². The number of hydrogen-bond acceptors (Lipinski definition) is 3. The first-order chi connectivity index (χ1) is 6.18. The normalized spacial score (nSPS) is 10.2. The molecule has 0 aliphatic carbocycles. The number of urea groups is 1. The number of rotatable bonds is 2. The quantitative estimate of drug-likeness (QED) is 0.553. The SMILES string of the molecule is NC(=O)NN=Nc1ccc(Cl)cc1. The Bertz CT molecular complexity index is 322. The second-order valence-electron chi connectivity index (χ2n) is 2.15. The third-order valence-corrected chi connectivity index (χ3v) is 1.40. The Morgan fingerprint density at radius 2 is 2.00 bits per heavy atom. The van der Waals surface area contributed by atoms with Gasteiger partial charge < -0.3 is 5.73 Å². The molecule has 0 fully saturated rings. The van der Waals surface area contributed by atoms with Crippen molar-refractivity contribution in [2.45, 2.75) is 0 Å². The number of primary amides is 1. The number of nitrogens with two attached hydrogens (primary N) is 1. The molecule has 1 rings (SSSR count). The van der Waals surface area contributed by atoms with Crippen LogP contribution in [-0.2, 0) is 0 Å². The highest BCUT2D eigenvalue weighted by Gasteiger charge is 1.89. The number of benzene rings is 1. The van der Waals surface area contributed by atoms with Crippen LogP contribution in [0.4, 0.5) is 10.5 Å². The summed E-state index contributed by atoms with van der Waals surface area (Å²) in [6.45, 7) is 0. The minimum atomic E-state index is -0.752. The van der Waals surface area contributed by atoms with Crippen LogP contribution in [0.15, 0.2) is 34.6 Å². The molecule has 2 amide bonds. The van der Waals surface area contributed by atoms with Crippen LogP contribution in [0.1, 0.15) is 0 Å². The Labute approximate surface area is 79.6 Å². The summed E-state index contributed by atoms with van der Waals surface area (Å²) in [6.07, 6.45) is 0. The van der Waals surface area contributed by atoms with Gasteiger partial charge in [-0.3, -0.25) is 0 Å². The summed E-state index contributed by atoms with van der Waals surface area (Å²) >= 11 is 5.63. The molecule has 0 aromatic heterocycles. The summed E-state index contributed by atoms with van der Waals surface area (Å²) in [5.41, 5.74) is 7.31. The molecule has 68 valence electrons. The lowest BCUT2D eigenvalue weighted by molar-refractivity contribution is 0.249. The molecule has 0 unspecified atom stereocenters. The zero-order valence-corrected chi connectivity index (χ0v) is 7.32. The molecule has 0 bridgehead atoms. The number of carbonyl (C=O) groups is 1. The summed E-state index contributed by atoms with van der Waals surface area (Å²) < 4.78 is 0. The van der Waals surface area contributed by atoms with Gasteiger partial charge in [-0.2, -0.15) is 0 Å². The zero-order chi connectivity index (χ0) is 9.68. The molecule has 0 saturated heterocycles. The van der Waals surface area contributed by atoms with E-state index < -0.39 is 6.03 Å². The maximum atomic E-state index is 10.2. The van der Waals surface area contributed by atoms with Gasteiger partial charge in [-0.05, 0) is 24.3 Å². The maximum absolute atomic E-state index is 10.2. The Morgan fingerprint density at radius 1 is 1.38 bits per heavy atom. The van der Waals surface area contributed by atoms with E-state index in [9.17, 15) is 4.79 Å². The fourth-order valence-corrected chi connectivity index (χ4v) is 0.766. The van der Waals surface area contributed by atoms with Gasteiger partial charge in [0.05, 0.1) is 5.69 Å². The third-order valence-electron chi connectivity index (χ3n) is 1.15. The van der Waals surface area contributed by atoms with Gasteiger partial charge in [0.25, 0.3) is 0 Å². The molecule has 0 saturated carbocycles. The number of amides is 2. The van der Waals surface area contributed by atoms with Crippen molar-refractivity contribution >= 4 is 23.3 Å². The highest BCUT2D eigenvalue weighted by Crippen LogP contribution is 2.15. The van der Waals surface area contributed by atoms with Gasteiger partial charge in [0, 0.05) is 5.02 Å². The van der Waals surface area contributed by atoms with E-state index in [4.69, 9.17) is 17.3 Å². The molecule has 0 spiro atoms. The predicted molar refractivity (Wildman–Crippen MR) is 48.7 cm³/mol. The smallest absolute Gasteiger partial charge is 0.333 e. The second kappa shape index (κ2) is 4.42. The van der Waals surface area contributed by atoms with Gasteiger partial charge in [-0.15, -0.1) is 5.11 Å². The lowest BCUT2D eigenvalue weighted by Gasteiger charge is -1.92. The molecule has 0 heterocycles. The molecule has 1 aromatic rings. The number of nitrogens with one attached hydrogen (secondary N) is 1. The van der Waals surface area contributed by atoms with Gasteiger partial charge in [0.15, 0.2) is 0 Å². The van der Waals surface area contributed by atoms with Crippen LogP contribution in [0.25, 0.3) is 0 Å². The van der Waals surface area contributed by atoms with Crippen LogP contribution in [0, 0.1) is 0 Å². The molecule has 1 aromatic carbocycles. The van der Waals surface area contributed by atoms with Crippen molar-refractivity contribution in [2.75, 3.05) is 0 Å². The first-order valence-corrected chi connectivity index (χ1v) is 3.78. The lowest BCUT2D eigenvalue weighted by atomic mass is 10.3. The Balaban J connectivity index is 2.59. The van der Waals surface area contributed by atoms with Crippen LogP contribution < -0.4 is 11.2 Å². The minimum absolute atomic E-state index is 0.582. The van der Waals surface area contributed by atoms with Gasteiger partial charge in [-0.25, -0.2) is 10.2 Å². The summed E-state index contributed by atoms with van der Waals surface area (Å²) in [7, 11) is 0. The zero-order valence-electron chi connectivity index (χ0n) is 6.57. The standard InChI is InChI=1S/C7H7ClN4O/c8-5-1-3-6(4-2-5)10-12-11-7(9)13/h1-4H,(H3,9,10,11,13). The Morgan fingerprint density at radius 3 is 2.54 bits per heavy atom. The van der Waals surface area contributed by atoms with E-state index in [1.54, 1.807) is 24.3 Å². The van der Waals surface area contributed by atoms with E-state index in [0.717, 1.165) is 0 Å². The molecule has 5 nitrogen and oxygen atoms in total. The molecular formula is C7H7ClN4O. The first-order valence-electron chi connectivity index (χ1n) is 3.40. The fourth-order valence-electron chi connectivity index (χ4n) is 0.640. The van der Waals surface area contributed by atoms with Crippen molar-refractivity contribution in [3.8, 4) is 0 Å². The average Bonchev–Trinajstić information content (AvgIpc) is 2.08. The van der Waals surface area contributed by atoms with Crippen LogP contribution in [0.2, 0.25) is 5.02 Å². The Hall–Kier alpha value is -1.62. The van der Waals surface area contributed by atoms with Crippen molar-refractivity contribution in [1.29, 1.82) is 0 Å². The molecule has 6 heteroatoms. The highest BCUT2D eigenvalue weighted by atomic mass is 35.5. The van der Waals surface area contributed by atoms with Crippen molar-refractivity contribution in [3.05, 3.63) is 29.3 Å². The minimum Gasteiger partial charge on any atom is -0.350 e. The van der Waals surface area contributed by atoms with E-state index in [2.05, 4.69) is 10.3 Å². The van der Waals surface area contributed by atoms with Gasteiger partial charge in [-0.1, -0.05) is 16.8 Å². The molecule has 0 radical (unpaired) electrons. The van der Waals surface area contributed by atoms with Crippen LogP contribution in [0.5, 0.6) is 0 Å². The van der Waals surface area contributed by atoms with E-state index >= 15 is 0 Å². The van der Waals surface area contributed by atoms with Crippen molar-refractivity contribution < 1.29 is 4.79 Å². The maximum Gasteiger partial charge on any atom is 0.333 e. The number of hydrogen-bond donors (Lipinski definition) is 2. The lowest BCUT2D eigenvalue weighted by Crippen LogP contribution is -2.23. The van der Waals surface area contributed by atoms with Gasteiger partial charge in [0.2, 0.25) is 0 Å². The predicted octanol–water partition coefficient (Wildman–Crippen LogP) is 2.01. The molecule has 3 N–H and O–H groups in total. The van der Waals surface area contributed by atoms with Gasteiger partial charge in [0.1, 0.15) is 0 Å². The molecule has 0 aliphatic rings. The Kier molecular flexibility index (Phi) is 3.22. The summed E-state index contributed by atoms with van der Waals surface area (Å²) in [6, 6.07) is 5.90.